The van der Waals surface area contributed by atoms with E-state index in [1.807, 2.05) is 0 Å². The lowest BCUT2D eigenvalue weighted by molar-refractivity contribution is 0.268. The lowest BCUT2D eigenvalue weighted by Crippen LogP contribution is -2.27. The van der Waals surface area contributed by atoms with Crippen LogP contribution in [0.4, 0.5) is 4.39 Å². The predicted octanol–water partition coefficient (Wildman–Crippen LogP) is 2.43. The van der Waals surface area contributed by atoms with Crippen LogP contribution in [0.5, 0.6) is 0 Å². The number of nitrogens with zero attached hydrogens (tertiary/aromatic N) is 2. The van der Waals surface area contributed by atoms with Gasteiger partial charge in [-0.25, -0.2) is 4.39 Å². The smallest absolute Gasteiger partial charge is 0.141 e. The Bertz CT molecular complexity index is 342. The van der Waals surface area contributed by atoms with Crippen molar-refractivity contribution in [3.05, 3.63) is 29.8 Å². The van der Waals surface area contributed by atoms with E-state index in [9.17, 15) is 4.39 Å². The molecule has 3 nitrogen and oxygen atoms in total. The Morgan fingerprint density at radius 3 is 2.78 bits per heavy atom. The van der Waals surface area contributed by atoms with E-state index in [2.05, 4.69) is 36.1 Å². The summed E-state index contributed by atoms with van der Waals surface area (Å²) < 4.78 is 12.9. The van der Waals surface area contributed by atoms with Crippen molar-refractivity contribution >= 4 is 0 Å². The second-order valence-corrected chi connectivity index (χ2v) is 4.97. The highest BCUT2D eigenvalue weighted by molar-refractivity contribution is 5.09. The highest BCUT2D eigenvalue weighted by Gasteiger charge is 2.01. The molecule has 102 valence electrons. The van der Waals surface area contributed by atoms with Crippen LogP contribution in [0.25, 0.3) is 0 Å². The molecule has 0 aliphatic rings. The van der Waals surface area contributed by atoms with Crippen molar-refractivity contribution in [2.24, 2.45) is 0 Å². The predicted molar refractivity (Wildman–Crippen MR) is 72.9 cm³/mol. The number of rotatable bonds is 8. The van der Waals surface area contributed by atoms with E-state index in [4.69, 9.17) is 0 Å². The number of nitrogens with one attached hydrogen (secondary N) is 1. The Balaban J connectivity index is 2.05. The van der Waals surface area contributed by atoms with Gasteiger partial charge in [0.2, 0.25) is 0 Å². The molecule has 0 atom stereocenters. The number of pyridine rings is 1. The minimum absolute atomic E-state index is 0.271. The Labute approximate surface area is 109 Å². The normalized spacial score (nSPS) is 11.4. The first kappa shape index (κ1) is 15.1. The van der Waals surface area contributed by atoms with Gasteiger partial charge in [0.05, 0.1) is 6.20 Å². The van der Waals surface area contributed by atoms with Crippen LogP contribution in [-0.2, 0) is 6.54 Å². The van der Waals surface area contributed by atoms with Crippen LogP contribution in [-0.4, -0.2) is 36.1 Å². The van der Waals surface area contributed by atoms with Gasteiger partial charge < -0.3 is 10.2 Å². The van der Waals surface area contributed by atoms with E-state index in [-0.39, 0.29) is 5.82 Å². The molecule has 0 amide bonds. The molecule has 1 heterocycles. The van der Waals surface area contributed by atoms with E-state index < -0.39 is 0 Å². The molecule has 0 radical (unpaired) electrons. The van der Waals surface area contributed by atoms with Gasteiger partial charge in [0.25, 0.3) is 0 Å². The first-order chi connectivity index (χ1) is 8.59. The molecular weight excluding hydrogens is 229 g/mol. The molecule has 0 aliphatic carbocycles. The van der Waals surface area contributed by atoms with Crippen molar-refractivity contribution in [1.82, 2.24) is 15.2 Å². The van der Waals surface area contributed by atoms with Crippen LogP contribution in [0.3, 0.4) is 0 Å². The molecule has 1 rings (SSSR count). The first-order valence-corrected chi connectivity index (χ1v) is 6.60. The van der Waals surface area contributed by atoms with E-state index in [0.717, 1.165) is 25.1 Å². The zero-order valence-corrected chi connectivity index (χ0v) is 11.6. The van der Waals surface area contributed by atoms with Gasteiger partial charge in [0, 0.05) is 18.8 Å². The van der Waals surface area contributed by atoms with Crippen molar-refractivity contribution in [3.8, 4) is 0 Å². The number of hydrogen-bond donors (Lipinski definition) is 1. The minimum atomic E-state index is -0.271. The fourth-order valence-corrected chi connectivity index (χ4v) is 1.65. The summed E-state index contributed by atoms with van der Waals surface area (Å²) in [6.45, 7) is 7.18. The molecule has 0 aliphatic heterocycles. The van der Waals surface area contributed by atoms with Crippen LogP contribution in [0.1, 0.15) is 32.3 Å². The lowest BCUT2D eigenvalue weighted by atomic mass is 10.2. The van der Waals surface area contributed by atoms with Crippen LogP contribution in [0, 0.1) is 5.82 Å². The third kappa shape index (κ3) is 6.07. The minimum Gasteiger partial charge on any atom is -0.313 e. The summed E-state index contributed by atoms with van der Waals surface area (Å²) >= 11 is 0. The van der Waals surface area contributed by atoms with E-state index in [1.54, 1.807) is 6.20 Å². The molecule has 0 fully saturated rings. The summed E-state index contributed by atoms with van der Waals surface area (Å²) in [5.41, 5.74) is 0.897. The van der Waals surface area contributed by atoms with Crippen molar-refractivity contribution in [2.45, 2.75) is 39.3 Å². The van der Waals surface area contributed by atoms with Crippen molar-refractivity contribution < 1.29 is 4.39 Å². The zero-order chi connectivity index (χ0) is 13.4. The van der Waals surface area contributed by atoms with Gasteiger partial charge in [-0.2, -0.15) is 0 Å². The first-order valence-electron chi connectivity index (χ1n) is 6.60. The molecule has 0 saturated heterocycles. The maximum absolute atomic E-state index is 12.9. The highest BCUT2D eigenvalue weighted by Crippen LogP contribution is 2.01. The standard InChI is InChI=1S/C14H24FN3/c1-12(2)18(3)7-5-4-6-16-9-13-8-14(15)11-17-10-13/h8,10-12,16H,4-7,9H2,1-3H3. The van der Waals surface area contributed by atoms with Crippen LogP contribution in [0.2, 0.25) is 0 Å². The van der Waals surface area contributed by atoms with Crippen molar-refractivity contribution in [2.75, 3.05) is 20.1 Å². The average Bonchev–Trinajstić information content (AvgIpc) is 2.33. The Hall–Kier alpha value is -1.00. The second-order valence-electron chi connectivity index (χ2n) is 4.97. The molecule has 1 aromatic rings. The molecule has 0 unspecified atom stereocenters. The zero-order valence-electron chi connectivity index (χ0n) is 11.6. The molecule has 0 saturated carbocycles. The van der Waals surface area contributed by atoms with Gasteiger partial charge in [-0.05, 0) is 58.5 Å². The van der Waals surface area contributed by atoms with Gasteiger partial charge >= 0.3 is 0 Å². The van der Waals surface area contributed by atoms with Gasteiger partial charge in [0.15, 0.2) is 0 Å². The lowest BCUT2D eigenvalue weighted by Gasteiger charge is -2.20. The topological polar surface area (TPSA) is 28.2 Å². The monoisotopic (exact) mass is 253 g/mol. The van der Waals surface area contributed by atoms with Gasteiger partial charge in [-0.1, -0.05) is 0 Å². The summed E-state index contributed by atoms with van der Waals surface area (Å²) in [6.07, 6.45) is 5.25. The second kappa shape index (κ2) is 8.16. The summed E-state index contributed by atoms with van der Waals surface area (Å²) in [4.78, 5) is 6.16. The summed E-state index contributed by atoms with van der Waals surface area (Å²) in [5.74, 6) is -0.271. The molecule has 0 spiro atoms. The molecule has 18 heavy (non-hydrogen) atoms. The number of hydrogen-bond acceptors (Lipinski definition) is 3. The fourth-order valence-electron chi connectivity index (χ4n) is 1.65. The fraction of sp³-hybridized carbons (Fsp3) is 0.643. The van der Waals surface area contributed by atoms with Crippen LogP contribution >= 0.6 is 0 Å². The third-order valence-corrected chi connectivity index (χ3v) is 3.09. The largest absolute Gasteiger partial charge is 0.313 e. The Morgan fingerprint density at radius 2 is 2.11 bits per heavy atom. The Morgan fingerprint density at radius 1 is 1.33 bits per heavy atom. The number of halogens is 1. The summed E-state index contributed by atoms with van der Waals surface area (Å²) in [6, 6.07) is 2.13. The van der Waals surface area contributed by atoms with Gasteiger partial charge in [-0.15, -0.1) is 0 Å². The van der Waals surface area contributed by atoms with Crippen LogP contribution < -0.4 is 5.32 Å². The molecule has 0 aromatic carbocycles. The summed E-state index contributed by atoms with van der Waals surface area (Å²) in [5, 5.41) is 3.31. The maximum atomic E-state index is 12.9. The van der Waals surface area contributed by atoms with Crippen molar-refractivity contribution in [1.29, 1.82) is 0 Å². The SMILES string of the molecule is CC(C)N(C)CCCCNCc1cncc(F)c1. The van der Waals surface area contributed by atoms with Crippen molar-refractivity contribution in [3.63, 3.8) is 0 Å². The Kier molecular flexibility index (Phi) is 6.83. The molecule has 0 bridgehead atoms. The maximum Gasteiger partial charge on any atom is 0.141 e. The molecular formula is C14H24FN3. The molecule has 4 heteroatoms. The summed E-state index contributed by atoms with van der Waals surface area (Å²) in [7, 11) is 2.15. The molecule has 1 N–H and O–H groups in total. The quantitative estimate of drug-likeness (QED) is 0.721. The average molecular weight is 253 g/mol. The van der Waals surface area contributed by atoms with E-state index in [0.29, 0.717) is 12.6 Å². The number of aromatic nitrogens is 1. The van der Waals surface area contributed by atoms with Crippen LogP contribution in [0.15, 0.2) is 18.5 Å². The number of unbranched alkanes of at least 4 members (excludes halogenated alkanes) is 1. The van der Waals surface area contributed by atoms with E-state index in [1.165, 1.54) is 18.7 Å². The molecule has 1 aromatic heterocycles. The van der Waals surface area contributed by atoms with Gasteiger partial charge in [0.1, 0.15) is 5.82 Å². The van der Waals surface area contributed by atoms with E-state index >= 15 is 0 Å². The third-order valence-electron chi connectivity index (χ3n) is 3.09. The van der Waals surface area contributed by atoms with Gasteiger partial charge in [-0.3, -0.25) is 4.98 Å². The highest BCUT2D eigenvalue weighted by atomic mass is 19.1.